The van der Waals surface area contributed by atoms with E-state index in [1.165, 1.54) is 5.56 Å². The van der Waals surface area contributed by atoms with E-state index in [0.29, 0.717) is 18.5 Å². The normalized spacial score (nSPS) is 21.4. The smallest absolute Gasteiger partial charge is 0.307 e. The molecule has 1 amide bonds. The van der Waals surface area contributed by atoms with Gasteiger partial charge in [0.25, 0.3) is 0 Å². The summed E-state index contributed by atoms with van der Waals surface area (Å²) >= 11 is 0. The van der Waals surface area contributed by atoms with Crippen molar-refractivity contribution in [2.24, 2.45) is 11.8 Å². The first-order chi connectivity index (χ1) is 9.61. The molecule has 2 rings (SSSR count). The molecule has 0 saturated carbocycles. The highest BCUT2D eigenvalue weighted by Gasteiger charge is 2.33. The van der Waals surface area contributed by atoms with E-state index in [-0.39, 0.29) is 5.91 Å². The van der Waals surface area contributed by atoms with Crippen LogP contribution in [0.15, 0.2) is 36.4 Å². The summed E-state index contributed by atoms with van der Waals surface area (Å²) in [5.74, 6) is -2.25. The minimum Gasteiger partial charge on any atom is -0.481 e. The van der Waals surface area contributed by atoms with Gasteiger partial charge in [0.05, 0.1) is 11.8 Å². The van der Waals surface area contributed by atoms with Gasteiger partial charge >= 0.3 is 5.97 Å². The molecule has 4 heteroatoms. The fourth-order valence-corrected chi connectivity index (χ4v) is 2.44. The molecule has 0 aromatic heterocycles. The Morgan fingerprint density at radius 3 is 2.30 bits per heavy atom. The second kappa shape index (κ2) is 6.37. The Morgan fingerprint density at radius 1 is 1.15 bits per heavy atom. The number of anilines is 1. The standard InChI is InChI=1S/C16H19NO3/c1-2-11-7-9-12(10-8-11)17-15(18)13-5-3-4-6-14(13)16(19)20/h3-4,7-10,13-14H,2,5-6H2,1H3,(H,17,18)(H,19,20)/t13-,14-/m0/s1. The highest BCUT2D eigenvalue weighted by molar-refractivity contribution is 5.95. The number of allylic oxidation sites excluding steroid dienone is 2. The SMILES string of the molecule is CCc1ccc(NC(=O)[C@H]2CC=CC[C@@H]2C(=O)O)cc1. The summed E-state index contributed by atoms with van der Waals surface area (Å²) in [5, 5.41) is 12.0. The third-order valence-electron chi connectivity index (χ3n) is 3.72. The van der Waals surface area contributed by atoms with E-state index in [1.54, 1.807) is 0 Å². The lowest BCUT2D eigenvalue weighted by atomic mass is 9.82. The van der Waals surface area contributed by atoms with Gasteiger partial charge in [0, 0.05) is 5.69 Å². The van der Waals surface area contributed by atoms with Crippen LogP contribution in [-0.4, -0.2) is 17.0 Å². The van der Waals surface area contributed by atoms with Gasteiger partial charge in [0.2, 0.25) is 5.91 Å². The summed E-state index contributed by atoms with van der Waals surface area (Å²) in [6.07, 6.45) is 5.56. The number of hydrogen-bond acceptors (Lipinski definition) is 2. The lowest BCUT2D eigenvalue weighted by molar-refractivity contribution is -0.146. The summed E-state index contributed by atoms with van der Waals surface area (Å²) in [4.78, 5) is 23.4. The molecule has 0 fully saturated rings. The third kappa shape index (κ3) is 3.26. The van der Waals surface area contributed by atoms with Crippen LogP contribution in [0, 0.1) is 11.8 Å². The van der Waals surface area contributed by atoms with Gasteiger partial charge in [-0.15, -0.1) is 0 Å². The molecule has 0 heterocycles. The van der Waals surface area contributed by atoms with Crippen LogP contribution < -0.4 is 5.32 Å². The highest BCUT2D eigenvalue weighted by Crippen LogP contribution is 2.27. The summed E-state index contributed by atoms with van der Waals surface area (Å²) in [5.41, 5.74) is 1.91. The fourth-order valence-electron chi connectivity index (χ4n) is 2.44. The number of hydrogen-bond donors (Lipinski definition) is 2. The number of nitrogens with one attached hydrogen (secondary N) is 1. The van der Waals surface area contributed by atoms with Crippen LogP contribution in [-0.2, 0) is 16.0 Å². The first-order valence-corrected chi connectivity index (χ1v) is 6.89. The lowest BCUT2D eigenvalue weighted by Crippen LogP contribution is -2.34. The Morgan fingerprint density at radius 2 is 1.75 bits per heavy atom. The van der Waals surface area contributed by atoms with Crippen molar-refractivity contribution in [1.29, 1.82) is 0 Å². The molecule has 0 unspecified atom stereocenters. The maximum Gasteiger partial charge on any atom is 0.307 e. The number of amides is 1. The molecule has 0 bridgehead atoms. The Hall–Kier alpha value is -2.10. The fraction of sp³-hybridized carbons (Fsp3) is 0.375. The Bertz CT molecular complexity index is 519. The van der Waals surface area contributed by atoms with Gasteiger partial charge in [-0.25, -0.2) is 0 Å². The van der Waals surface area contributed by atoms with Crippen LogP contribution in [0.25, 0.3) is 0 Å². The van der Waals surface area contributed by atoms with Crippen LogP contribution in [0.2, 0.25) is 0 Å². The van der Waals surface area contributed by atoms with E-state index in [9.17, 15) is 14.7 Å². The number of carbonyl (C=O) groups excluding carboxylic acids is 1. The minimum absolute atomic E-state index is 0.217. The van der Waals surface area contributed by atoms with Crippen LogP contribution in [0.4, 0.5) is 5.69 Å². The average Bonchev–Trinajstić information content (AvgIpc) is 2.48. The molecule has 0 radical (unpaired) electrons. The van der Waals surface area contributed by atoms with Crippen molar-refractivity contribution >= 4 is 17.6 Å². The van der Waals surface area contributed by atoms with Crippen molar-refractivity contribution in [2.75, 3.05) is 5.32 Å². The van der Waals surface area contributed by atoms with Crippen molar-refractivity contribution in [1.82, 2.24) is 0 Å². The van der Waals surface area contributed by atoms with Gasteiger partial charge < -0.3 is 10.4 Å². The lowest BCUT2D eigenvalue weighted by Gasteiger charge is -2.24. The van der Waals surface area contributed by atoms with Gasteiger partial charge in [0.1, 0.15) is 0 Å². The number of aliphatic carboxylic acids is 1. The zero-order valence-corrected chi connectivity index (χ0v) is 11.5. The van der Waals surface area contributed by atoms with Crippen LogP contribution in [0.1, 0.15) is 25.3 Å². The molecule has 20 heavy (non-hydrogen) atoms. The molecular formula is C16H19NO3. The van der Waals surface area contributed by atoms with Gasteiger partial charge in [-0.1, -0.05) is 31.2 Å². The van der Waals surface area contributed by atoms with Crippen molar-refractivity contribution in [3.8, 4) is 0 Å². The number of carboxylic acid groups (broad SMARTS) is 1. The Balaban J connectivity index is 2.06. The predicted octanol–water partition coefficient (Wildman–Crippen LogP) is 2.85. The zero-order chi connectivity index (χ0) is 14.5. The van der Waals surface area contributed by atoms with Gasteiger partial charge in [-0.3, -0.25) is 9.59 Å². The van der Waals surface area contributed by atoms with E-state index in [2.05, 4.69) is 12.2 Å². The Kier molecular flexibility index (Phi) is 4.56. The Labute approximate surface area is 118 Å². The van der Waals surface area contributed by atoms with E-state index in [4.69, 9.17) is 0 Å². The van der Waals surface area contributed by atoms with E-state index < -0.39 is 17.8 Å². The van der Waals surface area contributed by atoms with Crippen LogP contribution >= 0.6 is 0 Å². The number of aryl methyl sites for hydroxylation is 1. The van der Waals surface area contributed by atoms with Gasteiger partial charge in [-0.05, 0) is 37.0 Å². The van der Waals surface area contributed by atoms with Gasteiger partial charge in [-0.2, -0.15) is 0 Å². The number of carbonyl (C=O) groups is 2. The molecule has 1 aromatic carbocycles. The molecule has 106 valence electrons. The molecule has 2 N–H and O–H groups in total. The topological polar surface area (TPSA) is 66.4 Å². The summed E-state index contributed by atoms with van der Waals surface area (Å²) in [6, 6.07) is 7.63. The molecule has 1 aliphatic carbocycles. The molecule has 0 spiro atoms. The van der Waals surface area contributed by atoms with Crippen molar-refractivity contribution in [2.45, 2.75) is 26.2 Å². The van der Waals surface area contributed by atoms with E-state index in [1.807, 2.05) is 36.4 Å². The van der Waals surface area contributed by atoms with Crippen molar-refractivity contribution in [3.63, 3.8) is 0 Å². The summed E-state index contributed by atoms with van der Waals surface area (Å²) < 4.78 is 0. The first kappa shape index (κ1) is 14.3. The predicted molar refractivity (Wildman–Crippen MR) is 77.4 cm³/mol. The van der Waals surface area contributed by atoms with E-state index in [0.717, 1.165) is 6.42 Å². The molecule has 0 aliphatic heterocycles. The number of rotatable bonds is 4. The second-order valence-electron chi connectivity index (χ2n) is 5.03. The minimum atomic E-state index is -0.907. The third-order valence-corrected chi connectivity index (χ3v) is 3.72. The molecule has 0 saturated heterocycles. The maximum absolute atomic E-state index is 12.2. The highest BCUT2D eigenvalue weighted by atomic mass is 16.4. The number of carboxylic acids is 1. The summed E-state index contributed by atoms with van der Waals surface area (Å²) in [6.45, 7) is 2.07. The quantitative estimate of drug-likeness (QED) is 0.829. The monoisotopic (exact) mass is 273 g/mol. The maximum atomic E-state index is 12.2. The zero-order valence-electron chi connectivity index (χ0n) is 11.5. The van der Waals surface area contributed by atoms with Crippen molar-refractivity contribution in [3.05, 3.63) is 42.0 Å². The molecule has 4 nitrogen and oxygen atoms in total. The number of benzene rings is 1. The van der Waals surface area contributed by atoms with Gasteiger partial charge in [0.15, 0.2) is 0 Å². The van der Waals surface area contributed by atoms with Crippen LogP contribution in [0.3, 0.4) is 0 Å². The molecule has 2 atom stereocenters. The summed E-state index contributed by atoms with van der Waals surface area (Å²) in [7, 11) is 0. The molecular weight excluding hydrogens is 254 g/mol. The molecule has 1 aromatic rings. The average molecular weight is 273 g/mol. The molecule has 1 aliphatic rings. The largest absolute Gasteiger partial charge is 0.481 e. The second-order valence-corrected chi connectivity index (χ2v) is 5.03. The van der Waals surface area contributed by atoms with E-state index >= 15 is 0 Å². The van der Waals surface area contributed by atoms with Crippen molar-refractivity contribution < 1.29 is 14.7 Å². The first-order valence-electron chi connectivity index (χ1n) is 6.89. The van der Waals surface area contributed by atoms with Crippen LogP contribution in [0.5, 0.6) is 0 Å².